The molecule has 2 aliphatic heterocycles. The maximum atomic E-state index is 8.56. The van der Waals surface area contributed by atoms with E-state index >= 15 is 0 Å². The summed E-state index contributed by atoms with van der Waals surface area (Å²) in [6.07, 6.45) is -1.83. The van der Waals surface area contributed by atoms with Gasteiger partial charge in [0.25, 0.3) is 0 Å². The van der Waals surface area contributed by atoms with Gasteiger partial charge in [-0.25, -0.2) is 4.79 Å². The summed E-state index contributed by atoms with van der Waals surface area (Å²) in [5.41, 5.74) is 0. The van der Waals surface area contributed by atoms with Crippen LogP contribution in [0, 0.1) is 0 Å². The second-order valence-electron chi connectivity index (χ2n) is 2.39. The molecular weight excluding hydrogens is 192 g/mol. The van der Waals surface area contributed by atoms with Crippen molar-refractivity contribution in [1.82, 2.24) is 10.6 Å². The van der Waals surface area contributed by atoms with Gasteiger partial charge in [-0.05, 0) is 0 Å². The summed E-state index contributed by atoms with van der Waals surface area (Å²) in [7, 11) is 0. The SMILES string of the molecule is C1COCN1.C1COCN1.O=C(O)O. The summed E-state index contributed by atoms with van der Waals surface area (Å²) in [6.45, 7) is 5.33. The first-order chi connectivity index (χ1) is 6.73. The second kappa shape index (κ2) is 10.2. The molecule has 2 fully saturated rings. The van der Waals surface area contributed by atoms with Gasteiger partial charge in [-0.15, -0.1) is 0 Å². The Labute approximate surface area is 82.0 Å². The quantitative estimate of drug-likeness (QED) is 0.419. The molecule has 0 unspecified atom stereocenters. The van der Waals surface area contributed by atoms with E-state index in [-0.39, 0.29) is 0 Å². The smallest absolute Gasteiger partial charge is 0.450 e. The number of hydrogen-bond donors (Lipinski definition) is 4. The third kappa shape index (κ3) is 13.7. The maximum absolute atomic E-state index is 8.56. The molecule has 0 aliphatic carbocycles. The van der Waals surface area contributed by atoms with Crippen molar-refractivity contribution >= 4 is 6.16 Å². The van der Waals surface area contributed by atoms with Gasteiger partial charge in [0.1, 0.15) is 0 Å². The van der Waals surface area contributed by atoms with E-state index in [1.807, 2.05) is 0 Å². The molecular formula is C7H16N2O5. The van der Waals surface area contributed by atoms with Crippen molar-refractivity contribution in [2.75, 3.05) is 39.8 Å². The van der Waals surface area contributed by atoms with Crippen LogP contribution in [0.1, 0.15) is 0 Å². The van der Waals surface area contributed by atoms with Crippen LogP contribution >= 0.6 is 0 Å². The van der Waals surface area contributed by atoms with E-state index in [0.717, 1.165) is 39.8 Å². The number of nitrogens with one attached hydrogen (secondary N) is 2. The van der Waals surface area contributed by atoms with Gasteiger partial charge in [0.15, 0.2) is 0 Å². The van der Waals surface area contributed by atoms with E-state index in [4.69, 9.17) is 24.5 Å². The number of hydrogen-bond acceptors (Lipinski definition) is 5. The van der Waals surface area contributed by atoms with E-state index in [2.05, 4.69) is 10.6 Å². The first-order valence-corrected chi connectivity index (χ1v) is 4.22. The second-order valence-corrected chi connectivity index (χ2v) is 2.39. The number of ether oxygens (including phenoxy) is 2. The van der Waals surface area contributed by atoms with Crippen molar-refractivity contribution < 1.29 is 24.5 Å². The summed E-state index contributed by atoms with van der Waals surface area (Å²) in [5, 5.41) is 19.9. The van der Waals surface area contributed by atoms with Crippen molar-refractivity contribution in [2.45, 2.75) is 0 Å². The first-order valence-electron chi connectivity index (χ1n) is 4.22. The zero-order valence-electron chi connectivity index (χ0n) is 7.86. The standard InChI is InChI=1S/2C3H7NO.CH2O3/c2*1-2-5-3-4-1;2-1(3)4/h2*4H,1-3H2;(H2,2,3,4). The average molecular weight is 208 g/mol. The lowest BCUT2D eigenvalue weighted by atomic mass is 10.7. The molecule has 2 heterocycles. The van der Waals surface area contributed by atoms with Crippen molar-refractivity contribution in [3.8, 4) is 0 Å². The van der Waals surface area contributed by atoms with Crippen LogP contribution in [0.3, 0.4) is 0 Å². The predicted octanol–water partition coefficient (Wildman–Crippen LogP) is -0.650. The van der Waals surface area contributed by atoms with Crippen LogP contribution in [-0.2, 0) is 9.47 Å². The van der Waals surface area contributed by atoms with Gasteiger partial charge in [0, 0.05) is 13.1 Å². The molecule has 0 aromatic carbocycles. The van der Waals surface area contributed by atoms with Gasteiger partial charge in [0.2, 0.25) is 0 Å². The molecule has 2 saturated heterocycles. The highest BCUT2D eigenvalue weighted by Crippen LogP contribution is 1.75. The van der Waals surface area contributed by atoms with E-state index in [1.54, 1.807) is 0 Å². The molecule has 14 heavy (non-hydrogen) atoms. The molecule has 2 rings (SSSR count). The van der Waals surface area contributed by atoms with E-state index < -0.39 is 6.16 Å². The summed E-state index contributed by atoms with van der Waals surface area (Å²) in [4.78, 5) is 8.56. The fourth-order valence-corrected chi connectivity index (χ4v) is 0.722. The highest BCUT2D eigenvalue weighted by Gasteiger charge is 1.92. The molecule has 0 aromatic rings. The van der Waals surface area contributed by atoms with Crippen molar-refractivity contribution in [3.05, 3.63) is 0 Å². The normalized spacial score (nSPS) is 18.9. The van der Waals surface area contributed by atoms with E-state index in [1.165, 1.54) is 0 Å². The van der Waals surface area contributed by atoms with Crippen LogP contribution < -0.4 is 10.6 Å². The van der Waals surface area contributed by atoms with Crippen molar-refractivity contribution in [3.63, 3.8) is 0 Å². The molecule has 4 N–H and O–H groups in total. The van der Waals surface area contributed by atoms with Crippen LogP contribution in [0.25, 0.3) is 0 Å². The summed E-state index contributed by atoms with van der Waals surface area (Å²) >= 11 is 0. The monoisotopic (exact) mass is 208 g/mol. The molecule has 0 saturated carbocycles. The average Bonchev–Trinajstić information content (AvgIpc) is 2.83. The Kier molecular flexibility index (Phi) is 9.54. The lowest BCUT2D eigenvalue weighted by Gasteiger charge is -1.76. The van der Waals surface area contributed by atoms with Crippen LogP contribution in [0.5, 0.6) is 0 Å². The molecule has 0 aromatic heterocycles. The summed E-state index contributed by atoms with van der Waals surface area (Å²) in [6, 6.07) is 0. The zero-order chi connectivity index (χ0) is 10.6. The van der Waals surface area contributed by atoms with Gasteiger partial charge < -0.3 is 19.7 Å². The third-order valence-electron chi connectivity index (χ3n) is 1.25. The molecule has 7 heteroatoms. The van der Waals surface area contributed by atoms with Gasteiger partial charge >= 0.3 is 6.16 Å². The number of carboxylic acid groups (broad SMARTS) is 2. The first kappa shape index (κ1) is 13.1. The minimum absolute atomic E-state index is 0.750. The Hall–Kier alpha value is -0.890. The van der Waals surface area contributed by atoms with Gasteiger partial charge in [-0.3, -0.25) is 10.6 Å². The van der Waals surface area contributed by atoms with Gasteiger partial charge in [-0.2, -0.15) is 0 Å². The fraction of sp³-hybridized carbons (Fsp3) is 0.857. The third-order valence-corrected chi connectivity index (χ3v) is 1.25. The molecule has 0 spiro atoms. The van der Waals surface area contributed by atoms with Crippen LogP contribution in [0.4, 0.5) is 4.79 Å². The lowest BCUT2D eigenvalue weighted by Crippen LogP contribution is -2.05. The zero-order valence-corrected chi connectivity index (χ0v) is 7.86. The number of rotatable bonds is 0. The van der Waals surface area contributed by atoms with Gasteiger partial charge in [0.05, 0.1) is 26.7 Å². The Bertz CT molecular complexity index is 107. The molecule has 0 amide bonds. The van der Waals surface area contributed by atoms with Gasteiger partial charge in [-0.1, -0.05) is 0 Å². The minimum atomic E-state index is -1.83. The topological polar surface area (TPSA) is 100 Å². The molecule has 0 radical (unpaired) electrons. The van der Waals surface area contributed by atoms with Crippen molar-refractivity contribution in [1.29, 1.82) is 0 Å². The Morgan fingerprint density at radius 2 is 1.36 bits per heavy atom. The van der Waals surface area contributed by atoms with Crippen LogP contribution in [0.15, 0.2) is 0 Å². The molecule has 84 valence electrons. The van der Waals surface area contributed by atoms with Crippen LogP contribution in [0.2, 0.25) is 0 Å². The highest BCUT2D eigenvalue weighted by molar-refractivity contribution is 5.53. The van der Waals surface area contributed by atoms with E-state index in [9.17, 15) is 0 Å². The maximum Gasteiger partial charge on any atom is 0.503 e. The number of carbonyl (C=O) groups is 1. The van der Waals surface area contributed by atoms with Crippen molar-refractivity contribution in [2.24, 2.45) is 0 Å². The predicted molar refractivity (Wildman–Crippen MR) is 48.3 cm³/mol. The Morgan fingerprint density at radius 3 is 1.43 bits per heavy atom. The fourth-order valence-electron chi connectivity index (χ4n) is 0.722. The lowest BCUT2D eigenvalue weighted by molar-refractivity contribution is 0.137. The molecule has 0 bridgehead atoms. The molecule has 2 aliphatic rings. The largest absolute Gasteiger partial charge is 0.503 e. The Morgan fingerprint density at radius 1 is 1.00 bits per heavy atom. The van der Waals surface area contributed by atoms with E-state index in [0.29, 0.717) is 0 Å². The molecule has 0 atom stereocenters. The highest BCUT2D eigenvalue weighted by atomic mass is 16.6. The summed E-state index contributed by atoms with van der Waals surface area (Å²) < 4.78 is 9.67. The minimum Gasteiger partial charge on any atom is -0.450 e. The summed E-state index contributed by atoms with van der Waals surface area (Å²) in [5.74, 6) is 0. The molecule has 7 nitrogen and oxygen atoms in total. The Balaban J connectivity index is 0.000000183. The van der Waals surface area contributed by atoms with Crippen LogP contribution in [-0.4, -0.2) is 56.1 Å².